The van der Waals surface area contributed by atoms with Crippen LogP contribution in [0, 0.1) is 5.92 Å². The molecular weight excluding hydrogens is 206 g/mol. The van der Waals surface area contributed by atoms with Crippen molar-refractivity contribution in [3.63, 3.8) is 0 Å². The quantitative estimate of drug-likeness (QED) is 0.819. The van der Waals surface area contributed by atoms with Crippen molar-refractivity contribution < 1.29 is 0 Å². The van der Waals surface area contributed by atoms with Crippen LogP contribution in [0.1, 0.15) is 48.8 Å². The van der Waals surface area contributed by atoms with Gasteiger partial charge in [0.1, 0.15) is 0 Å². The fourth-order valence-corrected chi connectivity index (χ4v) is 3.50. The molecule has 1 heterocycles. The number of nitrogens with one attached hydrogen (secondary N) is 1. The minimum atomic E-state index is 0.963. The Hall–Kier alpha value is -0.820. The third kappa shape index (κ3) is 2.55. The Labute approximate surface area is 105 Å². The molecule has 2 aliphatic rings. The lowest BCUT2D eigenvalue weighted by Gasteiger charge is -2.25. The zero-order valence-corrected chi connectivity index (χ0v) is 10.7. The van der Waals surface area contributed by atoms with E-state index in [1.807, 2.05) is 0 Å². The Morgan fingerprint density at radius 2 is 2.00 bits per heavy atom. The molecule has 0 atom stereocenters. The molecule has 0 spiro atoms. The molecule has 1 aromatic carbocycles. The van der Waals surface area contributed by atoms with Crippen molar-refractivity contribution in [2.75, 3.05) is 6.54 Å². The number of rotatable bonds is 2. The van der Waals surface area contributed by atoms with E-state index in [-0.39, 0.29) is 0 Å². The third-order valence-electron chi connectivity index (χ3n) is 4.47. The summed E-state index contributed by atoms with van der Waals surface area (Å²) in [7, 11) is 0. The van der Waals surface area contributed by atoms with Crippen LogP contribution in [0.15, 0.2) is 18.2 Å². The third-order valence-corrected chi connectivity index (χ3v) is 4.47. The smallest absolute Gasteiger partial charge is 0.0208 e. The van der Waals surface area contributed by atoms with Crippen LogP contribution in [-0.2, 0) is 19.4 Å². The molecule has 0 saturated heterocycles. The zero-order chi connectivity index (χ0) is 11.5. The summed E-state index contributed by atoms with van der Waals surface area (Å²) in [5.41, 5.74) is 4.86. The standard InChI is InChI=1S/C16H23N/c1-2-5-13(6-3-1)11-14-7-4-8-15-12-17-10-9-16(14)15/h4,7-8,13,17H,1-3,5-6,9-12H2. The van der Waals surface area contributed by atoms with Crippen molar-refractivity contribution >= 4 is 0 Å². The van der Waals surface area contributed by atoms with Gasteiger partial charge in [-0.15, -0.1) is 0 Å². The molecule has 1 aliphatic heterocycles. The topological polar surface area (TPSA) is 12.0 Å². The molecule has 1 heteroatoms. The molecule has 1 N–H and O–H groups in total. The molecule has 92 valence electrons. The Balaban J connectivity index is 1.77. The SMILES string of the molecule is c1cc2c(c(CC3CCCCC3)c1)CCNC2. The van der Waals surface area contributed by atoms with E-state index < -0.39 is 0 Å². The summed E-state index contributed by atoms with van der Waals surface area (Å²) in [5.74, 6) is 0.963. The highest BCUT2D eigenvalue weighted by molar-refractivity contribution is 5.37. The molecular formula is C16H23N. The summed E-state index contributed by atoms with van der Waals surface area (Å²) in [4.78, 5) is 0. The van der Waals surface area contributed by atoms with Gasteiger partial charge in [-0.25, -0.2) is 0 Å². The maximum absolute atomic E-state index is 3.47. The summed E-state index contributed by atoms with van der Waals surface area (Å²) in [6, 6.07) is 6.93. The number of hydrogen-bond donors (Lipinski definition) is 1. The van der Waals surface area contributed by atoms with Gasteiger partial charge in [0.25, 0.3) is 0 Å². The lowest BCUT2D eigenvalue weighted by molar-refractivity contribution is 0.355. The first-order chi connectivity index (χ1) is 8.43. The second kappa shape index (κ2) is 5.22. The number of fused-ring (bicyclic) bond motifs is 1. The van der Waals surface area contributed by atoms with Crippen molar-refractivity contribution in [2.24, 2.45) is 5.92 Å². The number of benzene rings is 1. The van der Waals surface area contributed by atoms with Gasteiger partial charge in [0.2, 0.25) is 0 Å². The first kappa shape index (κ1) is 11.3. The Kier molecular flexibility index (Phi) is 3.46. The molecule has 0 bridgehead atoms. The van der Waals surface area contributed by atoms with Crippen molar-refractivity contribution in [3.8, 4) is 0 Å². The highest BCUT2D eigenvalue weighted by atomic mass is 14.9. The largest absolute Gasteiger partial charge is 0.312 e. The molecule has 0 unspecified atom stereocenters. The van der Waals surface area contributed by atoms with Gasteiger partial charge in [-0.1, -0.05) is 50.3 Å². The number of hydrogen-bond acceptors (Lipinski definition) is 1. The van der Waals surface area contributed by atoms with E-state index >= 15 is 0 Å². The van der Waals surface area contributed by atoms with Crippen molar-refractivity contribution in [1.82, 2.24) is 5.32 Å². The van der Waals surface area contributed by atoms with Crippen LogP contribution in [0.4, 0.5) is 0 Å². The van der Waals surface area contributed by atoms with E-state index in [0.29, 0.717) is 0 Å². The van der Waals surface area contributed by atoms with E-state index in [4.69, 9.17) is 0 Å². The van der Waals surface area contributed by atoms with Crippen LogP contribution in [0.2, 0.25) is 0 Å². The van der Waals surface area contributed by atoms with Gasteiger partial charge in [-0.3, -0.25) is 0 Å². The predicted octanol–water partition coefficient (Wildman–Crippen LogP) is 3.46. The first-order valence-corrected chi connectivity index (χ1v) is 7.24. The summed E-state index contributed by atoms with van der Waals surface area (Å²) in [6.45, 7) is 2.24. The Bertz CT molecular complexity index is 377. The van der Waals surface area contributed by atoms with Crippen molar-refractivity contribution in [3.05, 3.63) is 34.9 Å². The van der Waals surface area contributed by atoms with Crippen molar-refractivity contribution in [1.29, 1.82) is 0 Å². The fourth-order valence-electron chi connectivity index (χ4n) is 3.50. The average Bonchev–Trinajstić information content (AvgIpc) is 2.40. The predicted molar refractivity (Wildman–Crippen MR) is 72.1 cm³/mol. The fraction of sp³-hybridized carbons (Fsp3) is 0.625. The van der Waals surface area contributed by atoms with E-state index in [0.717, 1.165) is 19.0 Å². The van der Waals surface area contributed by atoms with Gasteiger partial charge in [0, 0.05) is 6.54 Å². The second-order valence-corrected chi connectivity index (χ2v) is 5.69. The lowest BCUT2D eigenvalue weighted by atomic mass is 9.82. The molecule has 0 aromatic heterocycles. The molecule has 17 heavy (non-hydrogen) atoms. The summed E-state index contributed by atoms with van der Waals surface area (Å²) < 4.78 is 0. The monoisotopic (exact) mass is 229 g/mol. The summed E-state index contributed by atoms with van der Waals surface area (Å²) in [6.07, 6.45) is 9.88. The highest BCUT2D eigenvalue weighted by Gasteiger charge is 2.17. The van der Waals surface area contributed by atoms with Gasteiger partial charge in [-0.2, -0.15) is 0 Å². The van der Waals surface area contributed by atoms with E-state index in [2.05, 4.69) is 23.5 Å². The van der Waals surface area contributed by atoms with Crippen molar-refractivity contribution in [2.45, 2.75) is 51.5 Å². The average molecular weight is 229 g/mol. The Morgan fingerprint density at radius 3 is 2.88 bits per heavy atom. The first-order valence-electron chi connectivity index (χ1n) is 7.24. The van der Waals surface area contributed by atoms with Crippen LogP contribution in [0.25, 0.3) is 0 Å². The maximum atomic E-state index is 3.47. The maximum Gasteiger partial charge on any atom is 0.0208 e. The molecule has 1 nitrogen and oxygen atoms in total. The summed E-state index contributed by atoms with van der Waals surface area (Å²) >= 11 is 0. The molecule has 1 fully saturated rings. The summed E-state index contributed by atoms with van der Waals surface area (Å²) in [5, 5.41) is 3.47. The molecule has 1 saturated carbocycles. The molecule has 0 amide bonds. The van der Waals surface area contributed by atoms with Gasteiger partial charge < -0.3 is 5.32 Å². The van der Waals surface area contributed by atoms with Gasteiger partial charge in [0.15, 0.2) is 0 Å². The van der Waals surface area contributed by atoms with E-state index in [9.17, 15) is 0 Å². The van der Waals surface area contributed by atoms with Crippen LogP contribution >= 0.6 is 0 Å². The minimum absolute atomic E-state index is 0.963. The van der Waals surface area contributed by atoms with E-state index in [1.165, 1.54) is 44.9 Å². The molecule has 3 rings (SSSR count). The normalized spacial score (nSPS) is 21.2. The Morgan fingerprint density at radius 1 is 1.12 bits per heavy atom. The molecule has 1 aromatic rings. The van der Waals surface area contributed by atoms with Crippen LogP contribution in [-0.4, -0.2) is 6.54 Å². The lowest BCUT2D eigenvalue weighted by Crippen LogP contribution is -2.25. The molecule has 0 radical (unpaired) electrons. The second-order valence-electron chi connectivity index (χ2n) is 5.69. The highest BCUT2D eigenvalue weighted by Crippen LogP contribution is 2.29. The van der Waals surface area contributed by atoms with Gasteiger partial charge in [-0.05, 0) is 42.0 Å². The zero-order valence-electron chi connectivity index (χ0n) is 10.7. The van der Waals surface area contributed by atoms with Crippen LogP contribution in [0.3, 0.4) is 0 Å². The minimum Gasteiger partial charge on any atom is -0.312 e. The van der Waals surface area contributed by atoms with E-state index in [1.54, 1.807) is 16.7 Å². The molecule has 1 aliphatic carbocycles. The van der Waals surface area contributed by atoms with Crippen LogP contribution < -0.4 is 5.32 Å². The van der Waals surface area contributed by atoms with Gasteiger partial charge in [0.05, 0.1) is 0 Å². The van der Waals surface area contributed by atoms with Gasteiger partial charge >= 0.3 is 0 Å². The van der Waals surface area contributed by atoms with Crippen LogP contribution in [0.5, 0.6) is 0 Å².